The first-order valence-corrected chi connectivity index (χ1v) is 14.3. The van der Waals surface area contributed by atoms with Crippen LogP contribution in [0.1, 0.15) is 128 Å². The van der Waals surface area contributed by atoms with Gasteiger partial charge in [-0.05, 0) is 51.4 Å². The molecule has 4 rings (SSSR count). The van der Waals surface area contributed by atoms with Crippen LogP contribution in [0.15, 0.2) is 0 Å². The smallest absolute Gasteiger partial charge is 0.115 e. The van der Waals surface area contributed by atoms with Crippen LogP contribution in [0.4, 0.5) is 0 Å². The first kappa shape index (κ1) is 21.5. The second kappa shape index (κ2) is 11.1. The monoisotopic (exact) mass is 407 g/mol. The van der Waals surface area contributed by atoms with Crippen molar-refractivity contribution in [1.82, 2.24) is 9.34 Å². The molecule has 2 N–H and O–H groups in total. The van der Waals surface area contributed by atoms with Gasteiger partial charge in [0.2, 0.25) is 0 Å². The molecule has 162 valence electrons. The molecule has 0 aromatic carbocycles. The molecule has 0 bridgehead atoms. The summed E-state index contributed by atoms with van der Waals surface area (Å²) in [5, 5.41) is 0. The van der Waals surface area contributed by atoms with Gasteiger partial charge in [0.05, 0.1) is 0 Å². The molecule has 0 aromatic heterocycles. The van der Waals surface area contributed by atoms with Gasteiger partial charge in [-0.15, -0.1) is 0 Å². The Labute approximate surface area is 176 Å². The summed E-state index contributed by atoms with van der Waals surface area (Å²) in [6.07, 6.45) is 28.6. The predicted molar refractivity (Wildman–Crippen MR) is 122 cm³/mol. The van der Waals surface area contributed by atoms with Crippen molar-refractivity contribution in [3.8, 4) is 0 Å². The van der Waals surface area contributed by atoms with E-state index in [9.17, 15) is 0 Å². The van der Waals surface area contributed by atoms with E-state index in [0.29, 0.717) is 0 Å². The zero-order valence-electron chi connectivity index (χ0n) is 18.4. The summed E-state index contributed by atoms with van der Waals surface area (Å²) >= 11 is 0. The van der Waals surface area contributed by atoms with Crippen molar-refractivity contribution < 1.29 is 0 Å². The Morgan fingerprint density at radius 3 is 0.821 bits per heavy atom. The van der Waals surface area contributed by atoms with Gasteiger partial charge in [0.25, 0.3) is 0 Å². The van der Waals surface area contributed by atoms with Gasteiger partial charge in [-0.1, -0.05) is 77.0 Å². The van der Waals surface area contributed by atoms with Crippen molar-refractivity contribution in [2.75, 3.05) is 0 Å². The predicted octanol–water partition coefficient (Wildman–Crippen LogP) is 7.11. The zero-order valence-corrected chi connectivity index (χ0v) is 19.3. The van der Waals surface area contributed by atoms with Crippen molar-refractivity contribution in [2.24, 2.45) is 5.50 Å². The number of hydrogen-bond acceptors (Lipinski definition) is 3. The lowest BCUT2D eigenvalue weighted by Gasteiger charge is -2.52. The fraction of sp³-hybridized carbons (Fsp3) is 1.00. The Kier molecular flexibility index (Phi) is 8.52. The van der Waals surface area contributed by atoms with E-state index in [1.165, 1.54) is 128 Å². The Bertz CT molecular complexity index is 359. The summed E-state index contributed by atoms with van der Waals surface area (Å²) in [7, 11) is -0.632. The average Bonchev–Trinajstić information content (AvgIpc) is 2.77. The van der Waals surface area contributed by atoms with Crippen LogP contribution in [0.5, 0.6) is 0 Å². The molecule has 4 saturated carbocycles. The molecule has 0 radical (unpaired) electrons. The van der Waals surface area contributed by atoms with Crippen LogP contribution in [0.3, 0.4) is 0 Å². The molecule has 3 nitrogen and oxygen atoms in total. The Balaban J connectivity index is 1.56. The minimum absolute atomic E-state index is 0.632. The van der Waals surface area contributed by atoms with Crippen LogP contribution >= 0.6 is 8.37 Å². The molecule has 0 spiro atoms. The van der Waals surface area contributed by atoms with E-state index >= 15 is 0 Å². The Morgan fingerprint density at radius 1 is 0.393 bits per heavy atom. The van der Waals surface area contributed by atoms with Gasteiger partial charge in [0, 0.05) is 24.2 Å². The van der Waals surface area contributed by atoms with Gasteiger partial charge >= 0.3 is 0 Å². The molecule has 0 saturated heterocycles. The zero-order chi connectivity index (χ0) is 19.2. The number of hydrogen-bond donors (Lipinski definition) is 1. The van der Waals surface area contributed by atoms with E-state index in [1.807, 2.05) is 0 Å². The Hall–Kier alpha value is 0.310. The third-order valence-electron chi connectivity index (χ3n) is 8.27. The van der Waals surface area contributed by atoms with Crippen LogP contribution in [-0.4, -0.2) is 33.5 Å². The van der Waals surface area contributed by atoms with E-state index in [-0.39, 0.29) is 0 Å². The lowest BCUT2D eigenvalue weighted by Crippen LogP contribution is -2.51. The van der Waals surface area contributed by atoms with Gasteiger partial charge in [-0.25, -0.2) is 0 Å². The molecular formula is C24H46N3P. The maximum absolute atomic E-state index is 7.40. The van der Waals surface area contributed by atoms with Crippen molar-refractivity contribution in [3.63, 3.8) is 0 Å². The third kappa shape index (κ3) is 5.32. The SMILES string of the molecule is NP(N(C1CCCCC1)C1CCCCC1)N(C1CCCCC1)C1CCCCC1. The molecule has 0 aromatic rings. The largest absolute Gasteiger partial charge is 0.285 e. The van der Waals surface area contributed by atoms with Crippen LogP contribution < -0.4 is 5.50 Å². The molecule has 0 unspecified atom stereocenters. The fourth-order valence-corrected chi connectivity index (χ4v) is 9.27. The molecule has 4 aliphatic rings. The van der Waals surface area contributed by atoms with Crippen LogP contribution in [0.2, 0.25) is 0 Å². The second-order valence-corrected chi connectivity index (χ2v) is 11.8. The fourth-order valence-electron chi connectivity index (χ4n) is 6.77. The van der Waals surface area contributed by atoms with Crippen molar-refractivity contribution >= 4 is 8.37 Å². The second-order valence-electron chi connectivity index (χ2n) is 10.2. The lowest BCUT2D eigenvalue weighted by atomic mass is 9.90. The summed E-state index contributed by atoms with van der Waals surface area (Å²) in [4.78, 5) is 0. The minimum atomic E-state index is -0.632. The normalized spacial score (nSPS) is 27.9. The quantitative estimate of drug-likeness (QED) is 0.476. The molecule has 4 heteroatoms. The number of nitrogens with two attached hydrogens (primary N) is 1. The highest BCUT2D eigenvalue weighted by molar-refractivity contribution is 7.50. The molecular weight excluding hydrogens is 361 g/mol. The molecule has 4 aliphatic carbocycles. The van der Waals surface area contributed by atoms with E-state index < -0.39 is 8.37 Å². The van der Waals surface area contributed by atoms with Gasteiger partial charge in [-0.3, -0.25) is 14.8 Å². The maximum atomic E-state index is 7.40. The summed E-state index contributed by atoms with van der Waals surface area (Å²) in [5.74, 6) is 0. The van der Waals surface area contributed by atoms with E-state index in [4.69, 9.17) is 5.50 Å². The summed E-state index contributed by atoms with van der Waals surface area (Å²) < 4.78 is 5.94. The molecule has 28 heavy (non-hydrogen) atoms. The lowest BCUT2D eigenvalue weighted by molar-refractivity contribution is 0.132. The summed E-state index contributed by atoms with van der Waals surface area (Å²) in [5.41, 5.74) is 7.40. The minimum Gasteiger partial charge on any atom is -0.285 e. The van der Waals surface area contributed by atoms with E-state index in [2.05, 4.69) is 9.34 Å². The number of rotatable bonds is 6. The van der Waals surface area contributed by atoms with Gasteiger partial charge in [-0.2, -0.15) is 0 Å². The number of nitrogens with zero attached hydrogens (tertiary/aromatic N) is 2. The average molecular weight is 408 g/mol. The summed E-state index contributed by atoms with van der Waals surface area (Å²) in [6.45, 7) is 0. The standard InChI is InChI=1S/C24H46N3P/c25-28(26(21-13-5-1-6-14-21)22-15-7-2-8-16-22)27(23-17-9-3-10-18-23)24-19-11-4-12-20-24/h21-24H,1-20,25H2. The highest BCUT2D eigenvalue weighted by atomic mass is 31.1. The van der Waals surface area contributed by atoms with Crippen molar-refractivity contribution in [3.05, 3.63) is 0 Å². The maximum Gasteiger partial charge on any atom is 0.115 e. The highest BCUT2D eigenvalue weighted by Crippen LogP contribution is 2.51. The highest BCUT2D eigenvalue weighted by Gasteiger charge is 2.40. The molecule has 0 heterocycles. The van der Waals surface area contributed by atoms with Crippen LogP contribution in [0, 0.1) is 0 Å². The van der Waals surface area contributed by atoms with Crippen molar-refractivity contribution in [1.29, 1.82) is 0 Å². The summed E-state index contributed by atoms with van der Waals surface area (Å²) in [6, 6.07) is 3.12. The van der Waals surface area contributed by atoms with Crippen molar-refractivity contribution in [2.45, 2.75) is 153 Å². The molecule has 4 fully saturated rings. The third-order valence-corrected chi connectivity index (χ3v) is 10.5. The molecule has 0 atom stereocenters. The van der Waals surface area contributed by atoms with Gasteiger partial charge < -0.3 is 0 Å². The Morgan fingerprint density at radius 2 is 0.607 bits per heavy atom. The van der Waals surface area contributed by atoms with Crippen LogP contribution in [0.25, 0.3) is 0 Å². The van der Waals surface area contributed by atoms with Gasteiger partial charge in [0.1, 0.15) is 8.37 Å². The van der Waals surface area contributed by atoms with E-state index in [1.54, 1.807) is 0 Å². The first-order valence-electron chi connectivity index (χ1n) is 13.0. The topological polar surface area (TPSA) is 32.5 Å². The van der Waals surface area contributed by atoms with Crippen LogP contribution in [-0.2, 0) is 0 Å². The van der Waals surface area contributed by atoms with E-state index in [0.717, 1.165) is 24.2 Å². The molecule has 0 amide bonds. The molecule has 0 aliphatic heterocycles. The first-order chi connectivity index (χ1) is 13.8. The van der Waals surface area contributed by atoms with Gasteiger partial charge in [0.15, 0.2) is 0 Å².